The van der Waals surface area contributed by atoms with Crippen LogP contribution in [0.25, 0.3) is 0 Å². The largest absolute Gasteiger partial charge is 0.486 e. The van der Waals surface area contributed by atoms with Gasteiger partial charge in [-0.25, -0.2) is 4.68 Å². The first-order chi connectivity index (χ1) is 11.8. The van der Waals surface area contributed by atoms with Crippen LogP contribution in [0.5, 0.6) is 17.4 Å². The van der Waals surface area contributed by atoms with Crippen molar-refractivity contribution < 1.29 is 27.4 Å². The van der Waals surface area contributed by atoms with E-state index in [4.69, 9.17) is 14.2 Å². The second-order valence-corrected chi connectivity index (χ2v) is 5.58. The summed E-state index contributed by atoms with van der Waals surface area (Å²) < 4.78 is 54.7. The molecule has 1 aromatic carbocycles. The molecule has 2 aromatic rings. The summed E-state index contributed by atoms with van der Waals surface area (Å²) in [6.45, 7) is 1.52. The minimum Gasteiger partial charge on any atom is -0.486 e. The number of hydrogen-bond donors (Lipinski definition) is 1. The Morgan fingerprint density at radius 1 is 1.28 bits per heavy atom. The molecule has 1 aromatic heterocycles. The maximum Gasteiger partial charge on any atom is 0.422 e. The number of aryl methyl sites for hydroxylation is 2. The van der Waals surface area contributed by atoms with E-state index < -0.39 is 12.8 Å². The topological polar surface area (TPSA) is 57.5 Å². The molecule has 0 saturated heterocycles. The summed E-state index contributed by atoms with van der Waals surface area (Å²) in [5, 5.41) is 7.30. The van der Waals surface area contributed by atoms with Crippen molar-refractivity contribution in [3.05, 3.63) is 29.5 Å². The van der Waals surface area contributed by atoms with Gasteiger partial charge in [0.05, 0.1) is 16.9 Å². The predicted molar refractivity (Wildman–Crippen MR) is 84.3 cm³/mol. The van der Waals surface area contributed by atoms with Gasteiger partial charge in [0.1, 0.15) is 13.2 Å². The van der Waals surface area contributed by atoms with Crippen molar-refractivity contribution in [3.63, 3.8) is 0 Å². The van der Waals surface area contributed by atoms with Crippen molar-refractivity contribution in [1.82, 2.24) is 9.78 Å². The predicted octanol–water partition coefficient (Wildman–Crippen LogP) is 3.05. The summed E-state index contributed by atoms with van der Waals surface area (Å²) in [6.07, 6.45) is -4.41. The summed E-state index contributed by atoms with van der Waals surface area (Å²) in [5.74, 6) is 1.31. The van der Waals surface area contributed by atoms with Gasteiger partial charge in [-0.2, -0.15) is 18.3 Å². The van der Waals surface area contributed by atoms with Crippen molar-refractivity contribution in [3.8, 4) is 17.4 Å². The highest BCUT2D eigenvalue weighted by atomic mass is 19.4. The van der Waals surface area contributed by atoms with Gasteiger partial charge >= 0.3 is 6.18 Å². The van der Waals surface area contributed by atoms with E-state index in [1.54, 1.807) is 20.0 Å². The molecule has 6 nitrogen and oxygen atoms in total. The second kappa shape index (κ2) is 6.73. The van der Waals surface area contributed by atoms with Gasteiger partial charge in [-0.15, -0.1) is 0 Å². The molecule has 136 valence electrons. The molecule has 1 N–H and O–H groups in total. The van der Waals surface area contributed by atoms with E-state index in [2.05, 4.69) is 10.4 Å². The lowest BCUT2D eigenvalue weighted by Gasteiger charge is -2.21. The quantitative estimate of drug-likeness (QED) is 0.891. The third-order valence-electron chi connectivity index (χ3n) is 3.68. The smallest absolute Gasteiger partial charge is 0.422 e. The number of hydrogen-bond acceptors (Lipinski definition) is 5. The standard InChI is InChI=1S/C16H18F3N3O3/c1-10-11(15(22(2)21-10)25-9-16(17,18)19)8-20-12-4-3-5-13-14(12)24-7-6-23-13/h3-5,20H,6-9H2,1-2H3. The Kier molecular flexibility index (Phi) is 4.65. The van der Waals surface area contributed by atoms with Crippen LogP contribution in [0.4, 0.5) is 18.9 Å². The molecule has 0 atom stereocenters. The van der Waals surface area contributed by atoms with Crippen molar-refractivity contribution in [1.29, 1.82) is 0 Å². The van der Waals surface area contributed by atoms with Gasteiger partial charge in [0.2, 0.25) is 5.88 Å². The summed E-state index contributed by atoms with van der Waals surface area (Å²) in [7, 11) is 1.55. The number of aromatic nitrogens is 2. The van der Waals surface area contributed by atoms with E-state index in [0.717, 1.165) is 0 Å². The number of halogens is 3. The number of nitrogens with one attached hydrogen (secondary N) is 1. The number of ether oxygens (including phenoxy) is 3. The SMILES string of the molecule is Cc1nn(C)c(OCC(F)(F)F)c1CNc1cccc2c1OCCO2. The molecule has 0 radical (unpaired) electrons. The Balaban J connectivity index is 1.78. The number of alkyl halides is 3. The Hall–Kier alpha value is -2.58. The average molecular weight is 357 g/mol. The molecule has 3 rings (SSSR count). The molecule has 0 unspecified atom stereocenters. The third kappa shape index (κ3) is 3.92. The van der Waals surface area contributed by atoms with Crippen molar-refractivity contribution in [2.24, 2.45) is 7.05 Å². The zero-order valence-electron chi connectivity index (χ0n) is 13.8. The van der Waals surface area contributed by atoms with Crippen molar-refractivity contribution in [2.75, 3.05) is 25.1 Å². The zero-order valence-corrected chi connectivity index (χ0v) is 13.8. The van der Waals surface area contributed by atoms with Gasteiger partial charge in [0, 0.05) is 13.6 Å². The molecule has 0 bridgehead atoms. The summed E-state index contributed by atoms with van der Waals surface area (Å²) in [5.41, 5.74) is 1.84. The maximum atomic E-state index is 12.5. The van der Waals surface area contributed by atoms with Crippen molar-refractivity contribution >= 4 is 5.69 Å². The molecule has 1 aliphatic rings. The first kappa shape index (κ1) is 17.2. The molecule has 0 saturated carbocycles. The summed E-state index contributed by atoms with van der Waals surface area (Å²) in [4.78, 5) is 0. The Morgan fingerprint density at radius 3 is 2.80 bits per heavy atom. The Morgan fingerprint density at radius 2 is 2.04 bits per heavy atom. The molecule has 9 heteroatoms. The van der Waals surface area contributed by atoms with E-state index in [9.17, 15) is 13.2 Å². The summed E-state index contributed by atoms with van der Waals surface area (Å²) in [6, 6.07) is 5.43. The van der Waals surface area contributed by atoms with Crippen LogP contribution in [0.15, 0.2) is 18.2 Å². The molecule has 0 amide bonds. The molecule has 1 aliphatic heterocycles. The van der Waals surface area contributed by atoms with Crippen LogP contribution in [-0.2, 0) is 13.6 Å². The minimum absolute atomic E-state index is 0.0873. The van der Waals surface area contributed by atoms with Crippen molar-refractivity contribution in [2.45, 2.75) is 19.6 Å². The van der Waals surface area contributed by atoms with E-state index in [1.165, 1.54) is 4.68 Å². The number of benzene rings is 1. The fourth-order valence-corrected chi connectivity index (χ4v) is 2.61. The highest BCUT2D eigenvalue weighted by Crippen LogP contribution is 2.38. The minimum atomic E-state index is -4.41. The van der Waals surface area contributed by atoms with Crippen LogP contribution >= 0.6 is 0 Å². The van der Waals surface area contributed by atoms with E-state index in [-0.39, 0.29) is 12.4 Å². The fourth-order valence-electron chi connectivity index (χ4n) is 2.61. The Bertz CT molecular complexity index is 759. The van der Waals surface area contributed by atoms with Crippen LogP contribution in [0.1, 0.15) is 11.3 Å². The van der Waals surface area contributed by atoms with Crippen LogP contribution in [-0.4, -0.2) is 35.8 Å². The van der Waals surface area contributed by atoms with E-state index in [0.29, 0.717) is 41.7 Å². The first-order valence-electron chi connectivity index (χ1n) is 7.69. The van der Waals surface area contributed by atoms with E-state index >= 15 is 0 Å². The lowest BCUT2D eigenvalue weighted by atomic mass is 10.2. The molecule has 0 fully saturated rings. The van der Waals surface area contributed by atoms with Gasteiger partial charge in [0.15, 0.2) is 18.1 Å². The lowest BCUT2D eigenvalue weighted by Crippen LogP contribution is -2.21. The fraction of sp³-hybridized carbons (Fsp3) is 0.438. The van der Waals surface area contributed by atoms with E-state index in [1.807, 2.05) is 12.1 Å². The molecular formula is C16H18F3N3O3. The van der Waals surface area contributed by atoms with Gasteiger partial charge < -0.3 is 19.5 Å². The van der Waals surface area contributed by atoms with Crippen LogP contribution in [0.3, 0.4) is 0 Å². The highest BCUT2D eigenvalue weighted by Gasteiger charge is 2.30. The normalized spacial score (nSPS) is 13.6. The zero-order chi connectivity index (χ0) is 18.0. The van der Waals surface area contributed by atoms with Gasteiger partial charge in [0.25, 0.3) is 0 Å². The van der Waals surface area contributed by atoms with Crippen LogP contribution in [0.2, 0.25) is 0 Å². The molecule has 0 spiro atoms. The molecule has 0 aliphatic carbocycles. The molecular weight excluding hydrogens is 339 g/mol. The maximum absolute atomic E-state index is 12.5. The van der Waals surface area contributed by atoms with Gasteiger partial charge in [-0.1, -0.05) is 6.07 Å². The third-order valence-corrected chi connectivity index (χ3v) is 3.68. The number of para-hydroxylation sites is 1. The van der Waals surface area contributed by atoms with Crippen LogP contribution in [0, 0.1) is 6.92 Å². The number of anilines is 1. The van der Waals surface area contributed by atoms with Gasteiger partial charge in [-0.3, -0.25) is 0 Å². The Labute approximate surface area is 142 Å². The molecule has 25 heavy (non-hydrogen) atoms. The number of fused-ring (bicyclic) bond motifs is 1. The van der Waals surface area contributed by atoms with Gasteiger partial charge in [-0.05, 0) is 19.1 Å². The van der Waals surface area contributed by atoms with Crippen LogP contribution < -0.4 is 19.5 Å². The first-order valence-corrected chi connectivity index (χ1v) is 7.69. The number of rotatable bonds is 5. The second-order valence-electron chi connectivity index (χ2n) is 5.58. The monoisotopic (exact) mass is 357 g/mol. The average Bonchev–Trinajstić information content (AvgIpc) is 2.83. The number of nitrogens with zero attached hydrogens (tertiary/aromatic N) is 2. The lowest BCUT2D eigenvalue weighted by molar-refractivity contribution is -0.154. The summed E-state index contributed by atoms with van der Waals surface area (Å²) >= 11 is 0. The molecule has 2 heterocycles. The highest BCUT2D eigenvalue weighted by molar-refractivity contribution is 5.64.